The van der Waals surface area contributed by atoms with Crippen molar-refractivity contribution in [1.82, 2.24) is 0 Å². The van der Waals surface area contributed by atoms with Crippen molar-refractivity contribution in [2.24, 2.45) is 0 Å². The Balaban J connectivity index is 1.90. The first kappa shape index (κ1) is 11.9. The Kier molecular flexibility index (Phi) is 4.17. The van der Waals surface area contributed by atoms with E-state index in [2.05, 4.69) is 44.7 Å². The topological polar surface area (TPSA) is 12.0 Å². The van der Waals surface area contributed by atoms with Crippen molar-refractivity contribution in [3.63, 3.8) is 0 Å². The maximum absolute atomic E-state index is 12.9. The zero-order chi connectivity index (χ0) is 11.4. The predicted molar refractivity (Wildman–Crippen MR) is 75.6 cm³/mol. The second-order valence-electron chi connectivity index (χ2n) is 3.43. The van der Waals surface area contributed by atoms with E-state index in [0.717, 1.165) is 22.2 Å². The number of hydrogen-bond donors (Lipinski definition) is 1. The lowest BCUT2D eigenvalue weighted by Crippen LogP contribution is -2.05. The number of rotatable bonds is 4. The fourth-order valence-electron chi connectivity index (χ4n) is 1.41. The Morgan fingerprint density at radius 1 is 1.31 bits per heavy atom. The predicted octanol–water partition coefficient (Wildman–Crippen LogP) is 4.15. The van der Waals surface area contributed by atoms with Crippen LogP contribution in [0.3, 0.4) is 0 Å². The number of nitrogens with one attached hydrogen (secondary N) is 1. The maximum Gasteiger partial charge on any atom is 0.124 e. The SMILES string of the molecule is Fc1ccc(NCCc2ccsc2)c(I)c1. The molecule has 0 saturated heterocycles. The van der Waals surface area contributed by atoms with Gasteiger partial charge in [-0.2, -0.15) is 11.3 Å². The van der Waals surface area contributed by atoms with E-state index in [-0.39, 0.29) is 5.82 Å². The van der Waals surface area contributed by atoms with Crippen molar-refractivity contribution in [2.45, 2.75) is 6.42 Å². The van der Waals surface area contributed by atoms with Gasteiger partial charge in [-0.1, -0.05) is 0 Å². The molecular weight excluding hydrogens is 336 g/mol. The van der Waals surface area contributed by atoms with E-state index in [1.54, 1.807) is 17.4 Å². The van der Waals surface area contributed by atoms with Crippen molar-refractivity contribution in [3.8, 4) is 0 Å². The van der Waals surface area contributed by atoms with E-state index in [0.29, 0.717) is 0 Å². The summed E-state index contributed by atoms with van der Waals surface area (Å²) < 4.78 is 13.8. The third-order valence-corrected chi connectivity index (χ3v) is 3.86. The molecule has 0 aliphatic carbocycles. The lowest BCUT2D eigenvalue weighted by molar-refractivity contribution is 0.627. The van der Waals surface area contributed by atoms with E-state index < -0.39 is 0 Å². The number of hydrogen-bond acceptors (Lipinski definition) is 2. The van der Waals surface area contributed by atoms with Gasteiger partial charge in [0.05, 0.1) is 0 Å². The maximum atomic E-state index is 12.9. The zero-order valence-corrected chi connectivity index (χ0v) is 11.5. The third kappa shape index (κ3) is 3.18. The molecular formula is C12H11FINS. The minimum Gasteiger partial charge on any atom is -0.384 e. The fourth-order valence-corrected chi connectivity index (χ4v) is 2.78. The smallest absolute Gasteiger partial charge is 0.124 e. The van der Waals surface area contributed by atoms with Gasteiger partial charge >= 0.3 is 0 Å². The second kappa shape index (κ2) is 5.63. The second-order valence-corrected chi connectivity index (χ2v) is 5.37. The van der Waals surface area contributed by atoms with Crippen LogP contribution in [0.25, 0.3) is 0 Å². The van der Waals surface area contributed by atoms with Crippen molar-refractivity contribution in [2.75, 3.05) is 11.9 Å². The van der Waals surface area contributed by atoms with Gasteiger partial charge in [0.1, 0.15) is 5.82 Å². The van der Waals surface area contributed by atoms with Crippen LogP contribution in [-0.2, 0) is 6.42 Å². The van der Waals surface area contributed by atoms with Gasteiger partial charge in [-0.05, 0) is 69.6 Å². The van der Waals surface area contributed by atoms with Crippen molar-refractivity contribution in [1.29, 1.82) is 0 Å². The van der Waals surface area contributed by atoms with Gasteiger partial charge in [0.2, 0.25) is 0 Å². The van der Waals surface area contributed by atoms with Crippen LogP contribution in [0.5, 0.6) is 0 Å². The summed E-state index contributed by atoms with van der Waals surface area (Å²) in [5.74, 6) is -0.187. The standard InChI is InChI=1S/C12H11FINS/c13-10-1-2-12(11(14)7-10)15-5-3-9-4-6-16-8-9/h1-2,4,6-8,15H,3,5H2. The Morgan fingerprint density at radius 3 is 2.88 bits per heavy atom. The molecule has 0 amide bonds. The molecule has 0 unspecified atom stereocenters. The molecule has 0 bridgehead atoms. The van der Waals surface area contributed by atoms with Crippen molar-refractivity contribution >= 4 is 39.6 Å². The van der Waals surface area contributed by atoms with Crippen LogP contribution < -0.4 is 5.32 Å². The quantitative estimate of drug-likeness (QED) is 0.820. The molecule has 2 rings (SSSR count). The number of benzene rings is 1. The molecule has 0 fully saturated rings. The molecule has 1 N–H and O–H groups in total. The Morgan fingerprint density at radius 2 is 2.19 bits per heavy atom. The van der Waals surface area contributed by atoms with E-state index in [9.17, 15) is 4.39 Å². The normalized spacial score (nSPS) is 10.4. The summed E-state index contributed by atoms with van der Waals surface area (Å²) in [7, 11) is 0. The summed E-state index contributed by atoms with van der Waals surface area (Å²) in [4.78, 5) is 0. The van der Waals surface area contributed by atoms with Crippen LogP contribution in [0, 0.1) is 9.39 Å². The van der Waals surface area contributed by atoms with E-state index in [4.69, 9.17) is 0 Å². The Labute approximate surface area is 112 Å². The van der Waals surface area contributed by atoms with Crippen LogP contribution >= 0.6 is 33.9 Å². The highest BCUT2D eigenvalue weighted by atomic mass is 127. The van der Waals surface area contributed by atoms with Crippen LogP contribution in [-0.4, -0.2) is 6.54 Å². The number of anilines is 1. The molecule has 2 aromatic rings. The average molecular weight is 347 g/mol. The molecule has 1 heterocycles. The number of thiophene rings is 1. The van der Waals surface area contributed by atoms with Gasteiger partial charge in [-0.25, -0.2) is 4.39 Å². The summed E-state index contributed by atoms with van der Waals surface area (Å²) in [6.07, 6.45) is 0.997. The summed E-state index contributed by atoms with van der Waals surface area (Å²) in [5.41, 5.74) is 2.34. The molecule has 0 radical (unpaired) electrons. The molecule has 0 saturated carbocycles. The summed E-state index contributed by atoms with van der Waals surface area (Å²) >= 11 is 3.85. The first-order chi connectivity index (χ1) is 7.75. The number of halogens is 2. The molecule has 4 heteroatoms. The summed E-state index contributed by atoms with van der Waals surface area (Å²) in [6.45, 7) is 0.873. The first-order valence-electron chi connectivity index (χ1n) is 4.96. The molecule has 0 aliphatic heterocycles. The van der Waals surface area contributed by atoms with Gasteiger partial charge in [0.15, 0.2) is 0 Å². The first-order valence-corrected chi connectivity index (χ1v) is 6.98. The largest absolute Gasteiger partial charge is 0.384 e. The van der Waals surface area contributed by atoms with E-state index >= 15 is 0 Å². The lowest BCUT2D eigenvalue weighted by Gasteiger charge is -2.07. The molecule has 0 aliphatic rings. The molecule has 16 heavy (non-hydrogen) atoms. The van der Waals surface area contributed by atoms with Gasteiger partial charge < -0.3 is 5.32 Å². The fraction of sp³-hybridized carbons (Fsp3) is 0.167. The third-order valence-electron chi connectivity index (χ3n) is 2.24. The minimum atomic E-state index is -0.187. The molecule has 84 valence electrons. The molecule has 1 aromatic carbocycles. The molecule has 1 nitrogen and oxygen atoms in total. The zero-order valence-electron chi connectivity index (χ0n) is 8.54. The van der Waals surface area contributed by atoms with Gasteiger partial charge in [0, 0.05) is 15.8 Å². The summed E-state index contributed by atoms with van der Waals surface area (Å²) in [6, 6.07) is 6.93. The van der Waals surface area contributed by atoms with E-state index in [1.165, 1.54) is 17.7 Å². The van der Waals surface area contributed by atoms with Crippen LogP contribution in [0.1, 0.15) is 5.56 Å². The van der Waals surface area contributed by atoms with Crippen molar-refractivity contribution in [3.05, 3.63) is 50.0 Å². The van der Waals surface area contributed by atoms with Gasteiger partial charge in [-0.15, -0.1) is 0 Å². The lowest BCUT2D eigenvalue weighted by atomic mass is 10.2. The monoisotopic (exact) mass is 347 g/mol. The van der Waals surface area contributed by atoms with Gasteiger partial charge in [-0.3, -0.25) is 0 Å². The van der Waals surface area contributed by atoms with E-state index in [1.807, 2.05) is 0 Å². The minimum absolute atomic E-state index is 0.187. The van der Waals surface area contributed by atoms with Crippen LogP contribution in [0.2, 0.25) is 0 Å². The Bertz CT molecular complexity index is 456. The highest BCUT2D eigenvalue weighted by Gasteiger charge is 2.00. The Hall–Kier alpha value is -0.620. The molecule has 1 aromatic heterocycles. The van der Waals surface area contributed by atoms with Gasteiger partial charge in [0.25, 0.3) is 0 Å². The molecule has 0 atom stereocenters. The van der Waals surface area contributed by atoms with Crippen molar-refractivity contribution < 1.29 is 4.39 Å². The molecule has 0 spiro atoms. The average Bonchev–Trinajstić information content (AvgIpc) is 2.74. The van der Waals surface area contributed by atoms with Crippen LogP contribution in [0.15, 0.2) is 35.0 Å². The highest BCUT2D eigenvalue weighted by Crippen LogP contribution is 2.19. The highest BCUT2D eigenvalue weighted by molar-refractivity contribution is 14.1. The van der Waals surface area contributed by atoms with Crippen LogP contribution in [0.4, 0.5) is 10.1 Å². The summed E-state index contributed by atoms with van der Waals surface area (Å²) in [5, 5.41) is 7.54.